The molecule has 158 valence electrons. The summed E-state index contributed by atoms with van der Waals surface area (Å²) in [6, 6.07) is 42.9. The van der Waals surface area contributed by atoms with Crippen molar-refractivity contribution in [3.8, 4) is 0 Å². The highest BCUT2D eigenvalue weighted by Crippen LogP contribution is 2.37. The highest BCUT2D eigenvalue weighted by atomic mass is 14.2. The minimum atomic E-state index is 0.324. The third kappa shape index (κ3) is 5.95. The van der Waals surface area contributed by atoms with Crippen LogP contribution >= 0.6 is 0 Å². The van der Waals surface area contributed by atoms with Crippen LogP contribution in [0.25, 0.3) is 11.6 Å². The first-order valence-electron chi connectivity index (χ1n) is 11.4. The van der Waals surface area contributed by atoms with Crippen LogP contribution in [0.3, 0.4) is 0 Å². The average Bonchev–Trinajstić information content (AvgIpc) is 2.88. The Bertz CT molecular complexity index is 1110. The lowest BCUT2D eigenvalue weighted by Gasteiger charge is -2.24. The molecule has 0 nitrogen and oxygen atoms in total. The summed E-state index contributed by atoms with van der Waals surface area (Å²) < 4.78 is 0. The lowest BCUT2D eigenvalue weighted by Crippen LogP contribution is -2.06. The maximum absolute atomic E-state index is 4.45. The van der Waals surface area contributed by atoms with E-state index in [1.54, 1.807) is 0 Å². The molecule has 0 radical (unpaired) electrons. The largest absolute Gasteiger partial charge is 0.0952 e. The summed E-state index contributed by atoms with van der Waals surface area (Å²) >= 11 is 0. The zero-order chi connectivity index (χ0) is 22.0. The first-order valence-corrected chi connectivity index (χ1v) is 11.4. The summed E-state index contributed by atoms with van der Waals surface area (Å²) in [5.74, 6) is 0.708. The van der Waals surface area contributed by atoms with Crippen LogP contribution in [-0.2, 0) is 0 Å². The van der Waals surface area contributed by atoms with Crippen LogP contribution in [0.4, 0.5) is 0 Å². The first-order chi connectivity index (χ1) is 15.8. The molecule has 4 aromatic rings. The Kier molecular flexibility index (Phi) is 7.50. The van der Waals surface area contributed by atoms with Crippen molar-refractivity contribution in [2.75, 3.05) is 0 Å². The number of allylic oxidation sites excluding steroid dienone is 2. The van der Waals surface area contributed by atoms with E-state index in [0.29, 0.717) is 11.8 Å². The molecule has 0 saturated heterocycles. The van der Waals surface area contributed by atoms with Gasteiger partial charge in [0, 0.05) is 5.92 Å². The lowest BCUT2D eigenvalue weighted by molar-refractivity contribution is 0.598. The Morgan fingerprint density at radius 1 is 0.625 bits per heavy atom. The summed E-state index contributed by atoms with van der Waals surface area (Å²) in [4.78, 5) is 0. The normalized spacial score (nSPS) is 13.0. The predicted octanol–water partition coefficient (Wildman–Crippen LogP) is 8.76. The third-order valence-corrected chi connectivity index (χ3v) is 6.03. The van der Waals surface area contributed by atoms with E-state index in [4.69, 9.17) is 0 Å². The summed E-state index contributed by atoms with van der Waals surface area (Å²) in [5.41, 5.74) is 6.38. The first kappa shape index (κ1) is 21.6. The van der Waals surface area contributed by atoms with Gasteiger partial charge in [0.1, 0.15) is 0 Å². The molecule has 0 spiro atoms. The number of hydrogen-bond donors (Lipinski definition) is 0. The summed E-state index contributed by atoms with van der Waals surface area (Å²) in [5, 5.41) is 0. The van der Waals surface area contributed by atoms with Crippen molar-refractivity contribution in [3.63, 3.8) is 0 Å². The molecule has 4 aromatic carbocycles. The average molecular weight is 415 g/mol. The van der Waals surface area contributed by atoms with Crippen LogP contribution in [0.1, 0.15) is 46.9 Å². The second kappa shape index (κ2) is 11.1. The maximum Gasteiger partial charge on any atom is 0.00272 e. The quantitative estimate of drug-likeness (QED) is 0.257. The molecule has 2 unspecified atom stereocenters. The Balaban J connectivity index is 1.63. The lowest BCUT2D eigenvalue weighted by atomic mass is 9.80. The fraction of sp³-hybridized carbons (Fsp3) is 0.125. The molecule has 2 atom stereocenters. The third-order valence-electron chi connectivity index (χ3n) is 6.03. The standard InChI is InChI=1S/C32H30/c1-26(28-16-8-3-9-17-28)24-32(30-20-12-5-13-21-30)25-31(29-18-10-4-11-19-29)23-22-27-14-6-2-7-15-27/h2-23,31-32H,1,24-25H2/b23-22-. The van der Waals surface area contributed by atoms with Gasteiger partial charge in [-0.15, -0.1) is 0 Å². The molecule has 0 N–H and O–H groups in total. The molecule has 4 rings (SSSR count). The number of benzene rings is 4. The smallest absolute Gasteiger partial charge is 0.00272 e. The van der Waals surface area contributed by atoms with Gasteiger partial charge in [0.15, 0.2) is 0 Å². The Labute approximate surface area is 192 Å². The molecule has 0 bridgehead atoms. The van der Waals surface area contributed by atoms with E-state index < -0.39 is 0 Å². The maximum atomic E-state index is 4.45. The van der Waals surface area contributed by atoms with Crippen LogP contribution < -0.4 is 0 Å². The van der Waals surface area contributed by atoms with Gasteiger partial charge in [-0.1, -0.05) is 140 Å². The van der Waals surface area contributed by atoms with Gasteiger partial charge in [0.2, 0.25) is 0 Å². The second-order valence-electron chi connectivity index (χ2n) is 8.30. The molecule has 0 aliphatic rings. The molecule has 0 heteroatoms. The molecular formula is C32H30. The van der Waals surface area contributed by atoms with Crippen molar-refractivity contribution < 1.29 is 0 Å². The van der Waals surface area contributed by atoms with Crippen molar-refractivity contribution >= 4 is 11.6 Å². The zero-order valence-corrected chi connectivity index (χ0v) is 18.5. The van der Waals surface area contributed by atoms with Gasteiger partial charge in [-0.25, -0.2) is 0 Å². The fourth-order valence-corrected chi connectivity index (χ4v) is 4.28. The van der Waals surface area contributed by atoms with Crippen LogP contribution in [0.2, 0.25) is 0 Å². The van der Waals surface area contributed by atoms with Gasteiger partial charge in [0.25, 0.3) is 0 Å². The minimum Gasteiger partial charge on any atom is -0.0952 e. The van der Waals surface area contributed by atoms with E-state index in [2.05, 4.69) is 140 Å². The van der Waals surface area contributed by atoms with E-state index in [1.807, 2.05) is 0 Å². The van der Waals surface area contributed by atoms with Crippen LogP contribution in [0.5, 0.6) is 0 Å². The van der Waals surface area contributed by atoms with E-state index in [0.717, 1.165) is 12.8 Å². The topological polar surface area (TPSA) is 0 Å². The molecule has 32 heavy (non-hydrogen) atoms. The minimum absolute atomic E-state index is 0.324. The van der Waals surface area contributed by atoms with Crippen LogP contribution in [0.15, 0.2) is 134 Å². The van der Waals surface area contributed by atoms with Gasteiger partial charge >= 0.3 is 0 Å². The molecule has 0 aromatic heterocycles. The summed E-state index contributed by atoms with van der Waals surface area (Å²) in [7, 11) is 0. The molecular weight excluding hydrogens is 384 g/mol. The van der Waals surface area contributed by atoms with Crippen LogP contribution in [-0.4, -0.2) is 0 Å². The van der Waals surface area contributed by atoms with E-state index in [9.17, 15) is 0 Å². The van der Waals surface area contributed by atoms with E-state index >= 15 is 0 Å². The molecule has 0 fully saturated rings. The predicted molar refractivity (Wildman–Crippen MR) is 139 cm³/mol. The van der Waals surface area contributed by atoms with Gasteiger partial charge < -0.3 is 0 Å². The number of hydrogen-bond acceptors (Lipinski definition) is 0. The summed E-state index contributed by atoms with van der Waals surface area (Å²) in [6.45, 7) is 4.45. The molecule has 0 heterocycles. The van der Waals surface area contributed by atoms with Gasteiger partial charge in [-0.05, 0) is 46.6 Å². The number of rotatable bonds is 9. The van der Waals surface area contributed by atoms with Gasteiger partial charge in [0.05, 0.1) is 0 Å². The van der Waals surface area contributed by atoms with Crippen molar-refractivity contribution in [1.29, 1.82) is 0 Å². The van der Waals surface area contributed by atoms with Gasteiger partial charge in [-0.3, -0.25) is 0 Å². The van der Waals surface area contributed by atoms with E-state index in [-0.39, 0.29) is 0 Å². The zero-order valence-electron chi connectivity index (χ0n) is 18.5. The Morgan fingerprint density at radius 2 is 1.12 bits per heavy atom. The van der Waals surface area contributed by atoms with Crippen molar-refractivity contribution in [3.05, 3.63) is 156 Å². The molecule has 0 aliphatic carbocycles. The van der Waals surface area contributed by atoms with Crippen molar-refractivity contribution in [2.45, 2.75) is 24.7 Å². The van der Waals surface area contributed by atoms with Gasteiger partial charge in [-0.2, -0.15) is 0 Å². The van der Waals surface area contributed by atoms with Crippen molar-refractivity contribution in [1.82, 2.24) is 0 Å². The fourth-order valence-electron chi connectivity index (χ4n) is 4.28. The van der Waals surface area contributed by atoms with Crippen molar-refractivity contribution in [2.24, 2.45) is 0 Å². The monoisotopic (exact) mass is 414 g/mol. The van der Waals surface area contributed by atoms with Crippen LogP contribution in [0, 0.1) is 0 Å². The Morgan fingerprint density at radius 3 is 1.72 bits per heavy atom. The summed E-state index contributed by atoms with van der Waals surface area (Å²) in [6.07, 6.45) is 6.59. The SMILES string of the molecule is C=C(CC(CC(/C=C\c1ccccc1)c1ccccc1)c1ccccc1)c1ccccc1. The molecule has 0 saturated carbocycles. The second-order valence-corrected chi connectivity index (χ2v) is 8.30. The highest BCUT2D eigenvalue weighted by molar-refractivity contribution is 5.64. The molecule has 0 aliphatic heterocycles. The highest BCUT2D eigenvalue weighted by Gasteiger charge is 2.19. The Hall–Kier alpha value is -3.64. The van der Waals surface area contributed by atoms with E-state index in [1.165, 1.54) is 27.8 Å². The molecule has 0 amide bonds.